The lowest BCUT2D eigenvalue weighted by molar-refractivity contribution is 0.866. The van der Waals surface area contributed by atoms with Crippen molar-refractivity contribution in [2.45, 2.75) is 27.2 Å². The fourth-order valence-corrected chi connectivity index (χ4v) is 2.41. The quantitative estimate of drug-likeness (QED) is 0.781. The van der Waals surface area contributed by atoms with Crippen LogP contribution in [0.1, 0.15) is 28.6 Å². The van der Waals surface area contributed by atoms with E-state index in [4.69, 9.17) is 0 Å². The second-order valence-corrected chi connectivity index (χ2v) is 5.26. The highest BCUT2D eigenvalue weighted by molar-refractivity contribution is 5.81. The predicted molar refractivity (Wildman–Crippen MR) is 81.4 cm³/mol. The van der Waals surface area contributed by atoms with Crippen molar-refractivity contribution in [1.82, 2.24) is 19.9 Å². The minimum atomic E-state index is -0.147. The number of aromatic nitrogens is 4. The molecule has 0 radical (unpaired) electrons. The van der Waals surface area contributed by atoms with Crippen molar-refractivity contribution in [3.63, 3.8) is 0 Å². The maximum Gasteiger partial charge on any atom is 0.251 e. The highest BCUT2D eigenvalue weighted by atomic mass is 16.1. The van der Waals surface area contributed by atoms with Crippen LogP contribution in [-0.4, -0.2) is 19.9 Å². The molecule has 0 saturated heterocycles. The summed E-state index contributed by atoms with van der Waals surface area (Å²) in [5.41, 5.74) is 3.57. The summed E-state index contributed by atoms with van der Waals surface area (Å²) in [6, 6.07) is 7.60. The van der Waals surface area contributed by atoms with Crippen molar-refractivity contribution in [1.29, 1.82) is 0 Å². The third-order valence-electron chi connectivity index (χ3n) is 3.33. The number of hydrogen-bond donors (Lipinski definition) is 1. The summed E-state index contributed by atoms with van der Waals surface area (Å²) >= 11 is 0. The molecule has 21 heavy (non-hydrogen) atoms. The zero-order valence-electron chi connectivity index (χ0n) is 12.3. The van der Waals surface area contributed by atoms with E-state index < -0.39 is 0 Å². The van der Waals surface area contributed by atoms with Gasteiger partial charge < -0.3 is 4.98 Å². The Balaban J connectivity index is 2.06. The van der Waals surface area contributed by atoms with Crippen molar-refractivity contribution < 1.29 is 0 Å². The fraction of sp³-hybridized carbons (Fsp3) is 0.250. The highest BCUT2D eigenvalue weighted by Crippen LogP contribution is 2.17. The summed E-state index contributed by atoms with van der Waals surface area (Å²) in [7, 11) is 0. The molecule has 1 N–H and O–H groups in total. The standard InChI is InChI=1S/C16H16N4O/c1-9-4-5-12-11(3)18-15(19-13(12)6-9)8-14-17-10(2)7-16(21)20-14/h4-7H,8H2,1-3H3,(H,17,20,21). The van der Waals surface area contributed by atoms with Crippen LogP contribution in [0.25, 0.3) is 10.9 Å². The van der Waals surface area contributed by atoms with E-state index in [1.165, 1.54) is 6.07 Å². The van der Waals surface area contributed by atoms with E-state index in [-0.39, 0.29) is 5.56 Å². The van der Waals surface area contributed by atoms with Crippen LogP contribution in [0.5, 0.6) is 0 Å². The van der Waals surface area contributed by atoms with E-state index >= 15 is 0 Å². The van der Waals surface area contributed by atoms with Gasteiger partial charge in [-0.2, -0.15) is 0 Å². The van der Waals surface area contributed by atoms with E-state index in [2.05, 4.69) is 26.0 Å². The van der Waals surface area contributed by atoms with Gasteiger partial charge in [0.1, 0.15) is 11.6 Å². The molecule has 0 aliphatic rings. The molecule has 5 nitrogen and oxygen atoms in total. The van der Waals surface area contributed by atoms with Gasteiger partial charge in [0.2, 0.25) is 0 Å². The van der Waals surface area contributed by atoms with E-state index in [0.717, 1.165) is 22.2 Å². The van der Waals surface area contributed by atoms with Crippen LogP contribution < -0.4 is 5.56 Å². The largest absolute Gasteiger partial charge is 0.310 e. The number of H-pyrrole nitrogens is 1. The lowest BCUT2D eigenvalue weighted by atomic mass is 10.1. The highest BCUT2D eigenvalue weighted by Gasteiger charge is 2.07. The number of aromatic amines is 1. The summed E-state index contributed by atoms with van der Waals surface area (Å²) in [5.74, 6) is 1.26. The lowest BCUT2D eigenvalue weighted by Gasteiger charge is -2.06. The van der Waals surface area contributed by atoms with Gasteiger partial charge in [-0.25, -0.2) is 15.0 Å². The smallest absolute Gasteiger partial charge is 0.251 e. The number of fused-ring (bicyclic) bond motifs is 1. The molecule has 0 spiro atoms. The Labute approximate surface area is 122 Å². The van der Waals surface area contributed by atoms with Gasteiger partial charge >= 0.3 is 0 Å². The Morgan fingerprint density at radius 1 is 1.05 bits per heavy atom. The number of aryl methyl sites for hydroxylation is 3. The summed E-state index contributed by atoms with van der Waals surface area (Å²) in [6.45, 7) is 5.81. The monoisotopic (exact) mass is 280 g/mol. The molecule has 0 amide bonds. The second-order valence-electron chi connectivity index (χ2n) is 5.26. The zero-order valence-corrected chi connectivity index (χ0v) is 12.3. The van der Waals surface area contributed by atoms with Crippen molar-refractivity contribution >= 4 is 10.9 Å². The molecule has 2 heterocycles. The van der Waals surface area contributed by atoms with Crippen LogP contribution in [0.3, 0.4) is 0 Å². The number of nitrogens with one attached hydrogen (secondary N) is 1. The first-order valence-corrected chi connectivity index (χ1v) is 6.82. The van der Waals surface area contributed by atoms with Gasteiger partial charge in [-0.1, -0.05) is 12.1 Å². The van der Waals surface area contributed by atoms with Gasteiger partial charge in [-0.15, -0.1) is 0 Å². The molecule has 0 saturated carbocycles. The molecular formula is C16H16N4O. The van der Waals surface area contributed by atoms with Gasteiger partial charge in [-0.3, -0.25) is 4.79 Å². The average Bonchev–Trinajstić information content (AvgIpc) is 2.36. The molecule has 0 aliphatic carbocycles. The average molecular weight is 280 g/mol. The molecule has 2 aromatic heterocycles. The Morgan fingerprint density at radius 3 is 2.62 bits per heavy atom. The Morgan fingerprint density at radius 2 is 1.86 bits per heavy atom. The Hall–Kier alpha value is -2.56. The van der Waals surface area contributed by atoms with Crippen LogP contribution in [0.15, 0.2) is 29.1 Å². The maximum atomic E-state index is 11.5. The number of benzene rings is 1. The minimum absolute atomic E-state index is 0.147. The minimum Gasteiger partial charge on any atom is -0.310 e. The molecular weight excluding hydrogens is 264 g/mol. The molecule has 3 rings (SSSR count). The Kier molecular flexibility index (Phi) is 3.25. The van der Waals surface area contributed by atoms with Gasteiger partial charge in [0.25, 0.3) is 5.56 Å². The summed E-state index contributed by atoms with van der Waals surface area (Å²) in [5, 5.41) is 1.05. The lowest BCUT2D eigenvalue weighted by Crippen LogP contribution is -2.13. The number of nitrogens with zero attached hydrogens (tertiary/aromatic N) is 3. The van der Waals surface area contributed by atoms with Crippen molar-refractivity contribution in [2.24, 2.45) is 0 Å². The SMILES string of the molecule is Cc1ccc2c(C)nc(Cc3nc(C)cc(=O)[nH]3)nc2c1. The zero-order chi connectivity index (χ0) is 15.0. The molecule has 0 atom stereocenters. The van der Waals surface area contributed by atoms with Crippen molar-refractivity contribution in [3.05, 3.63) is 63.2 Å². The number of hydrogen-bond acceptors (Lipinski definition) is 4. The van der Waals surface area contributed by atoms with Crippen LogP contribution in [0.4, 0.5) is 0 Å². The van der Waals surface area contributed by atoms with Crippen LogP contribution in [0.2, 0.25) is 0 Å². The van der Waals surface area contributed by atoms with Crippen LogP contribution in [-0.2, 0) is 6.42 Å². The normalized spacial score (nSPS) is 11.0. The van der Waals surface area contributed by atoms with E-state index in [1.807, 2.05) is 26.0 Å². The predicted octanol–water partition coefficient (Wildman–Crippen LogP) is 2.23. The van der Waals surface area contributed by atoms with Crippen LogP contribution in [0, 0.1) is 20.8 Å². The first kappa shape index (κ1) is 13.4. The van der Waals surface area contributed by atoms with Gasteiger partial charge in [-0.05, 0) is 32.4 Å². The second kappa shape index (κ2) is 5.09. The van der Waals surface area contributed by atoms with E-state index in [9.17, 15) is 4.79 Å². The molecule has 1 aromatic carbocycles. The third-order valence-corrected chi connectivity index (χ3v) is 3.33. The number of rotatable bonds is 2. The first-order chi connectivity index (χ1) is 10.0. The topological polar surface area (TPSA) is 71.5 Å². The van der Waals surface area contributed by atoms with Crippen LogP contribution >= 0.6 is 0 Å². The first-order valence-electron chi connectivity index (χ1n) is 6.82. The molecule has 0 unspecified atom stereocenters. The van der Waals surface area contributed by atoms with Gasteiger partial charge in [0.05, 0.1) is 11.9 Å². The summed E-state index contributed by atoms with van der Waals surface area (Å²) in [4.78, 5) is 27.6. The molecule has 3 aromatic rings. The molecule has 5 heteroatoms. The molecule has 0 fully saturated rings. The summed E-state index contributed by atoms with van der Waals surface area (Å²) in [6.07, 6.45) is 0.418. The third kappa shape index (κ3) is 2.81. The van der Waals surface area contributed by atoms with E-state index in [1.54, 1.807) is 6.92 Å². The van der Waals surface area contributed by atoms with Gasteiger partial charge in [0.15, 0.2) is 0 Å². The molecule has 0 aliphatic heterocycles. The Bertz CT molecular complexity index is 883. The van der Waals surface area contributed by atoms with Crippen molar-refractivity contribution in [2.75, 3.05) is 0 Å². The summed E-state index contributed by atoms with van der Waals surface area (Å²) < 4.78 is 0. The molecule has 0 bridgehead atoms. The van der Waals surface area contributed by atoms with Gasteiger partial charge in [0, 0.05) is 22.8 Å². The maximum absolute atomic E-state index is 11.5. The fourth-order valence-electron chi connectivity index (χ4n) is 2.41. The molecule has 106 valence electrons. The van der Waals surface area contributed by atoms with Crippen molar-refractivity contribution in [3.8, 4) is 0 Å². The van der Waals surface area contributed by atoms with E-state index in [0.29, 0.717) is 23.8 Å².